The summed E-state index contributed by atoms with van der Waals surface area (Å²) in [6.07, 6.45) is 7.26. The van der Waals surface area contributed by atoms with Gasteiger partial charge in [-0.2, -0.15) is 0 Å². The van der Waals surface area contributed by atoms with Gasteiger partial charge >= 0.3 is 0 Å². The fourth-order valence-corrected chi connectivity index (χ4v) is 2.44. The summed E-state index contributed by atoms with van der Waals surface area (Å²) in [5.74, 6) is 1.78. The van der Waals surface area contributed by atoms with Crippen molar-refractivity contribution >= 4 is 0 Å². The molecule has 15 heavy (non-hydrogen) atoms. The molecule has 1 aliphatic carbocycles. The number of hydrogen-bond donors (Lipinski definition) is 2. The molecule has 1 heterocycles. The number of aliphatic hydroxyl groups is 1. The number of nitrogens with one attached hydrogen (secondary N) is 1. The summed E-state index contributed by atoms with van der Waals surface area (Å²) in [7, 11) is 0. The molecule has 0 saturated heterocycles. The highest BCUT2D eigenvalue weighted by molar-refractivity contribution is 5.15. The average molecular weight is 208 g/mol. The monoisotopic (exact) mass is 208 g/mol. The molecule has 1 aromatic rings. The lowest BCUT2D eigenvalue weighted by molar-refractivity contribution is 0.298. The van der Waals surface area contributed by atoms with Gasteiger partial charge in [0.1, 0.15) is 5.82 Å². The minimum absolute atomic E-state index is 0.190. The summed E-state index contributed by atoms with van der Waals surface area (Å²) >= 11 is 0. The van der Waals surface area contributed by atoms with E-state index in [-0.39, 0.29) is 6.61 Å². The maximum Gasteiger partial charge on any atom is 0.109 e. The van der Waals surface area contributed by atoms with Crippen molar-refractivity contribution in [3.05, 3.63) is 17.2 Å². The molecule has 3 nitrogen and oxygen atoms in total. The molecule has 2 rings (SSSR count). The van der Waals surface area contributed by atoms with Crippen LogP contribution >= 0.6 is 0 Å². The van der Waals surface area contributed by atoms with E-state index in [4.69, 9.17) is 5.11 Å². The molecule has 84 valence electrons. The Kier molecular flexibility index (Phi) is 3.41. The highest BCUT2D eigenvalue weighted by atomic mass is 16.3. The third-order valence-electron chi connectivity index (χ3n) is 3.34. The van der Waals surface area contributed by atoms with Crippen LogP contribution in [-0.4, -0.2) is 21.7 Å². The third kappa shape index (κ3) is 2.40. The molecule has 0 unspecified atom stereocenters. The Labute approximate surface area is 90.9 Å². The lowest BCUT2D eigenvalue weighted by Crippen LogP contribution is -2.06. The Morgan fingerprint density at radius 3 is 2.73 bits per heavy atom. The smallest absolute Gasteiger partial charge is 0.109 e. The number of aryl methyl sites for hydroxylation is 1. The van der Waals surface area contributed by atoms with Crippen molar-refractivity contribution in [2.24, 2.45) is 0 Å². The highest BCUT2D eigenvalue weighted by Crippen LogP contribution is 2.31. The van der Waals surface area contributed by atoms with Crippen LogP contribution in [0.4, 0.5) is 0 Å². The first-order valence-corrected chi connectivity index (χ1v) is 5.97. The molecule has 0 atom stereocenters. The van der Waals surface area contributed by atoms with Crippen LogP contribution in [0.3, 0.4) is 0 Å². The van der Waals surface area contributed by atoms with E-state index in [0.29, 0.717) is 12.3 Å². The molecule has 0 spiro atoms. The van der Waals surface area contributed by atoms with Crippen molar-refractivity contribution in [2.45, 2.75) is 51.4 Å². The van der Waals surface area contributed by atoms with Gasteiger partial charge in [0.05, 0.1) is 5.69 Å². The van der Waals surface area contributed by atoms with E-state index in [9.17, 15) is 0 Å². The zero-order valence-electron chi connectivity index (χ0n) is 9.42. The average Bonchev–Trinajstić information content (AvgIpc) is 2.63. The van der Waals surface area contributed by atoms with Crippen LogP contribution in [0.15, 0.2) is 0 Å². The normalized spacial score (nSPS) is 18.3. The summed E-state index contributed by atoms with van der Waals surface area (Å²) in [6, 6.07) is 0. The van der Waals surface area contributed by atoms with Gasteiger partial charge in [-0.15, -0.1) is 0 Å². The van der Waals surface area contributed by atoms with Crippen LogP contribution in [-0.2, 0) is 6.42 Å². The predicted octanol–water partition coefficient (Wildman–Crippen LogP) is 2.30. The van der Waals surface area contributed by atoms with Crippen molar-refractivity contribution in [1.82, 2.24) is 9.97 Å². The Balaban J connectivity index is 2.10. The van der Waals surface area contributed by atoms with E-state index < -0.39 is 0 Å². The van der Waals surface area contributed by atoms with Crippen molar-refractivity contribution in [1.29, 1.82) is 0 Å². The number of aliphatic hydroxyl groups excluding tert-OH is 1. The van der Waals surface area contributed by atoms with E-state index in [1.54, 1.807) is 0 Å². The van der Waals surface area contributed by atoms with Crippen molar-refractivity contribution in [3.8, 4) is 0 Å². The van der Waals surface area contributed by atoms with Gasteiger partial charge in [0.15, 0.2) is 0 Å². The van der Waals surface area contributed by atoms with Gasteiger partial charge in [-0.25, -0.2) is 4.98 Å². The van der Waals surface area contributed by atoms with Crippen LogP contribution in [0.25, 0.3) is 0 Å². The second-order valence-electron chi connectivity index (χ2n) is 4.50. The summed E-state index contributed by atoms with van der Waals surface area (Å²) in [5.41, 5.74) is 2.17. The first kappa shape index (κ1) is 10.7. The minimum Gasteiger partial charge on any atom is -0.396 e. The summed E-state index contributed by atoms with van der Waals surface area (Å²) in [4.78, 5) is 7.98. The lowest BCUT2D eigenvalue weighted by Gasteiger charge is -2.19. The van der Waals surface area contributed by atoms with Gasteiger partial charge in [-0.3, -0.25) is 0 Å². The molecule has 0 bridgehead atoms. The van der Waals surface area contributed by atoms with Crippen LogP contribution in [0.1, 0.15) is 55.2 Å². The number of hydrogen-bond acceptors (Lipinski definition) is 2. The molecular weight excluding hydrogens is 188 g/mol. The quantitative estimate of drug-likeness (QED) is 0.800. The molecular formula is C12H20N2O. The van der Waals surface area contributed by atoms with E-state index >= 15 is 0 Å². The van der Waals surface area contributed by atoms with Crippen LogP contribution < -0.4 is 0 Å². The Morgan fingerprint density at radius 2 is 2.07 bits per heavy atom. The van der Waals surface area contributed by atoms with Gasteiger partial charge in [-0.1, -0.05) is 19.3 Å². The molecule has 0 aliphatic heterocycles. The number of aromatic nitrogens is 2. The first-order chi connectivity index (χ1) is 7.31. The van der Waals surface area contributed by atoms with Gasteiger partial charge < -0.3 is 10.1 Å². The lowest BCUT2D eigenvalue weighted by atomic mass is 9.89. The summed E-state index contributed by atoms with van der Waals surface area (Å²) < 4.78 is 0. The van der Waals surface area contributed by atoms with Gasteiger partial charge in [0, 0.05) is 24.6 Å². The topological polar surface area (TPSA) is 48.9 Å². The maximum atomic E-state index is 8.91. The van der Waals surface area contributed by atoms with Crippen LogP contribution in [0.2, 0.25) is 0 Å². The fourth-order valence-electron chi connectivity index (χ4n) is 2.44. The fraction of sp³-hybridized carbons (Fsp3) is 0.750. The standard InChI is InChI=1S/C12H20N2O/c1-9-11(7-8-15)14-12(13-9)10-5-3-2-4-6-10/h10,15H,2-8H2,1H3,(H,13,14). The first-order valence-electron chi connectivity index (χ1n) is 5.97. The number of imidazole rings is 1. The number of rotatable bonds is 3. The molecule has 0 aromatic carbocycles. The number of nitrogens with zero attached hydrogens (tertiary/aromatic N) is 1. The molecule has 2 N–H and O–H groups in total. The maximum absolute atomic E-state index is 8.91. The summed E-state index contributed by atoms with van der Waals surface area (Å²) in [6.45, 7) is 2.24. The SMILES string of the molecule is Cc1[nH]c(C2CCCCC2)nc1CCO. The Bertz CT molecular complexity index is 313. The van der Waals surface area contributed by atoms with Crippen molar-refractivity contribution < 1.29 is 5.11 Å². The zero-order valence-corrected chi connectivity index (χ0v) is 9.42. The molecule has 1 aliphatic rings. The number of H-pyrrole nitrogens is 1. The number of aromatic amines is 1. The molecule has 1 saturated carbocycles. The van der Waals surface area contributed by atoms with Gasteiger partial charge in [0.25, 0.3) is 0 Å². The molecule has 1 aromatic heterocycles. The van der Waals surface area contributed by atoms with Crippen molar-refractivity contribution in [2.75, 3.05) is 6.61 Å². The van der Waals surface area contributed by atoms with E-state index in [0.717, 1.165) is 17.2 Å². The molecule has 0 amide bonds. The van der Waals surface area contributed by atoms with E-state index in [1.165, 1.54) is 32.1 Å². The molecule has 1 fully saturated rings. The summed E-state index contributed by atoms with van der Waals surface area (Å²) in [5, 5.41) is 8.91. The zero-order chi connectivity index (χ0) is 10.7. The van der Waals surface area contributed by atoms with Gasteiger partial charge in [0.2, 0.25) is 0 Å². The van der Waals surface area contributed by atoms with Crippen LogP contribution in [0, 0.1) is 6.92 Å². The second kappa shape index (κ2) is 4.79. The van der Waals surface area contributed by atoms with E-state index in [2.05, 4.69) is 9.97 Å². The third-order valence-corrected chi connectivity index (χ3v) is 3.34. The highest BCUT2D eigenvalue weighted by Gasteiger charge is 2.19. The Morgan fingerprint density at radius 1 is 1.33 bits per heavy atom. The van der Waals surface area contributed by atoms with E-state index in [1.807, 2.05) is 6.92 Å². The largest absolute Gasteiger partial charge is 0.396 e. The Hall–Kier alpha value is -0.830. The second-order valence-corrected chi connectivity index (χ2v) is 4.50. The van der Waals surface area contributed by atoms with Crippen LogP contribution in [0.5, 0.6) is 0 Å². The van der Waals surface area contributed by atoms with Crippen molar-refractivity contribution in [3.63, 3.8) is 0 Å². The molecule has 3 heteroatoms. The predicted molar refractivity (Wildman–Crippen MR) is 59.9 cm³/mol. The van der Waals surface area contributed by atoms with Gasteiger partial charge in [-0.05, 0) is 19.8 Å². The molecule has 0 radical (unpaired) electrons. The minimum atomic E-state index is 0.190.